The number of rotatable bonds is 4. The summed E-state index contributed by atoms with van der Waals surface area (Å²) in [6.07, 6.45) is -0.949. The Morgan fingerprint density at radius 1 is 0.710 bits per heavy atom. The molecule has 1 heterocycles. The van der Waals surface area contributed by atoms with Gasteiger partial charge in [0.05, 0.1) is 20.3 Å². The maximum atomic E-state index is 14.8. The molecule has 0 N–H and O–H groups in total. The van der Waals surface area contributed by atoms with Crippen LogP contribution >= 0.6 is 0 Å². The molecule has 0 atom stereocenters. The molecule has 0 amide bonds. The second-order valence-electron chi connectivity index (χ2n) is 7.45. The van der Waals surface area contributed by atoms with Gasteiger partial charge in [0.15, 0.2) is 29.5 Å². The Morgan fingerprint density at radius 3 is 1.77 bits per heavy atom. The van der Waals surface area contributed by atoms with Gasteiger partial charge < -0.3 is 14.2 Å². The molecule has 1 aliphatic heterocycles. The first-order valence-electron chi connectivity index (χ1n) is 9.74. The summed E-state index contributed by atoms with van der Waals surface area (Å²) in [4.78, 5) is 0. The summed E-state index contributed by atoms with van der Waals surface area (Å²) >= 11 is 0. The summed E-state index contributed by atoms with van der Waals surface area (Å²) < 4.78 is 73.5. The van der Waals surface area contributed by atoms with Gasteiger partial charge in [-0.25, -0.2) is 13.2 Å². The lowest BCUT2D eigenvalue weighted by molar-refractivity contribution is -0.203. The van der Waals surface area contributed by atoms with Crippen LogP contribution in [0.15, 0.2) is 48.5 Å². The van der Waals surface area contributed by atoms with Gasteiger partial charge in [-0.3, -0.25) is 0 Å². The van der Waals surface area contributed by atoms with Crippen LogP contribution in [0.2, 0.25) is 0 Å². The topological polar surface area (TPSA) is 27.7 Å². The number of hydrogen-bond acceptors (Lipinski definition) is 3. The summed E-state index contributed by atoms with van der Waals surface area (Å²) in [5.74, 6) is -4.21. The molecule has 0 aliphatic carbocycles. The van der Waals surface area contributed by atoms with E-state index in [0.717, 1.165) is 0 Å². The third kappa shape index (κ3) is 4.03. The Labute approximate surface area is 177 Å². The lowest BCUT2D eigenvalue weighted by atomic mass is 9.98. The summed E-state index contributed by atoms with van der Waals surface area (Å²) in [5, 5.41) is 0. The van der Waals surface area contributed by atoms with E-state index in [1.807, 2.05) is 6.92 Å². The molecule has 31 heavy (non-hydrogen) atoms. The fraction of sp³-hybridized carbons (Fsp3) is 0.250. The molecule has 0 spiro atoms. The summed E-state index contributed by atoms with van der Waals surface area (Å²) in [6.45, 7) is 2.74. The number of benzene rings is 3. The van der Waals surface area contributed by atoms with Gasteiger partial charge in [0, 0.05) is 22.6 Å². The zero-order chi connectivity index (χ0) is 22.1. The highest BCUT2D eigenvalue weighted by molar-refractivity contribution is 5.71. The van der Waals surface area contributed by atoms with Crippen LogP contribution in [0.3, 0.4) is 0 Å². The molecule has 3 aromatic rings. The zero-order valence-corrected chi connectivity index (χ0v) is 16.9. The van der Waals surface area contributed by atoms with E-state index in [0.29, 0.717) is 24.3 Å². The molecule has 3 aromatic carbocycles. The summed E-state index contributed by atoms with van der Waals surface area (Å²) in [5.41, 5.74) is 0.852. The molecule has 0 aromatic heterocycles. The minimum Gasteiger partial charge on any atom is -0.494 e. The van der Waals surface area contributed by atoms with Gasteiger partial charge in [0.2, 0.25) is 5.82 Å². The molecule has 0 bridgehead atoms. The van der Waals surface area contributed by atoms with Crippen LogP contribution in [0, 0.1) is 29.2 Å². The van der Waals surface area contributed by atoms with Crippen LogP contribution in [0.25, 0.3) is 22.3 Å². The lowest BCUT2D eigenvalue weighted by Crippen LogP contribution is -2.25. The normalized spacial score (nSPS) is 18.8. The number of halogens is 4. The van der Waals surface area contributed by atoms with Crippen molar-refractivity contribution >= 4 is 0 Å². The van der Waals surface area contributed by atoms with Crippen molar-refractivity contribution in [3.05, 3.63) is 77.4 Å². The van der Waals surface area contributed by atoms with Gasteiger partial charge in [0.25, 0.3) is 0 Å². The second kappa shape index (κ2) is 8.69. The van der Waals surface area contributed by atoms with Crippen LogP contribution in [0.1, 0.15) is 18.8 Å². The van der Waals surface area contributed by atoms with E-state index in [-0.39, 0.29) is 28.4 Å². The van der Waals surface area contributed by atoms with Crippen molar-refractivity contribution in [2.45, 2.75) is 13.2 Å². The van der Waals surface area contributed by atoms with Crippen molar-refractivity contribution in [3.8, 4) is 28.0 Å². The van der Waals surface area contributed by atoms with Crippen LogP contribution < -0.4 is 4.74 Å². The predicted octanol–water partition coefficient (Wildman–Crippen LogP) is 6.27. The molecule has 4 rings (SSSR count). The number of hydrogen-bond donors (Lipinski definition) is 0. The molecule has 0 saturated carbocycles. The van der Waals surface area contributed by atoms with Crippen molar-refractivity contribution in [1.82, 2.24) is 0 Å². The average molecular weight is 432 g/mol. The number of ether oxygens (including phenoxy) is 3. The highest BCUT2D eigenvalue weighted by Gasteiger charge is 2.26. The molecule has 3 nitrogen and oxygen atoms in total. The highest BCUT2D eigenvalue weighted by Crippen LogP contribution is 2.34. The zero-order valence-electron chi connectivity index (χ0n) is 16.9. The monoisotopic (exact) mass is 432 g/mol. The van der Waals surface area contributed by atoms with Gasteiger partial charge >= 0.3 is 0 Å². The fourth-order valence-corrected chi connectivity index (χ4v) is 3.49. The molecule has 1 fully saturated rings. The summed E-state index contributed by atoms with van der Waals surface area (Å²) in [7, 11) is 1.25. The molecule has 0 unspecified atom stereocenters. The van der Waals surface area contributed by atoms with Gasteiger partial charge in [-0.05, 0) is 23.3 Å². The second-order valence-corrected chi connectivity index (χ2v) is 7.45. The molecule has 162 valence electrons. The minimum absolute atomic E-state index is 0.000509. The third-order valence-corrected chi connectivity index (χ3v) is 5.20. The Morgan fingerprint density at radius 2 is 1.23 bits per heavy atom. The largest absolute Gasteiger partial charge is 0.494 e. The average Bonchev–Trinajstić information content (AvgIpc) is 2.78. The maximum Gasteiger partial charge on any atom is 0.201 e. The van der Waals surface area contributed by atoms with E-state index in [4.69, 9.17) is 14.2 Å². The van der Waals surface area contributed by atoms with E-state index in [1.165, 1.54) is 55.6 Å². The maximum absolute atomic E-state index is 14.8. The molecule has 7 heteroatoms. The lowest BCUT2D eigenvalue weighted by Gasteiger charge is -2.28. The first kappa shape index (κ1) is 21.3. The smallest absolute Gasteiger partial charge is 0.201 e. The van der Waals surface area contributed by atoms with Crippen molar-refractivity contribution < 1.29 is 31.8 Å². The Bertz CT molecular complexity index is 1090. The van der Waals surface area contributed by atoms with Crippen molar-refractivity contribution in [2.75, 3.05) is 20.3 Å². The van der Waals surface area contributed by atoms with Crippen LogP contribution in [-0.4, -0.2) is 20.3 Å². The number of methoxy groups -OCH3 is 1. The van der Waals surface area contributed by atoms with Crippen molar-refractivity contribution in [2.24, 2.45) is 5.92 Å². The fourth-order valence-electron chi connectivity index (χ4n) is 3.49. The first-order chi connectivity index (χ1) is 14.9. The van der Waals surface area contributed by atoms with Crippen molar-refractivity contribution in [1.29, 1.82) is 0 Å². The Hall–Kier alpha value is -2.90. The predicted molar refractivity (Wildman–Crippen MR) is 108 cm³/mol. The van der Waals surface area contributed by atoms with Crippen LogP contribution in [-0.2, 0) is 9.47 Å². The first-order valence-corrected chi connectivity index (χ1v) is 9.74. The van der Waals surface area contributed by atoms with Gasteiger partial charge in [-0.1, -0.05) is 43.3 Å². The van der Waals surface area contributed by atoms with E-state index in [9.17, 15) is 17.6 Å². The highest BCUT2D eigenvalue weighted by atomic mass is 19.2. The van der Waals surface area contributed by atoms with E-state index in [1.54, 1.807) is 0 Å². The quantitative estimate of drug-likeness (QED) is 0.455. The molecular weight excluding hydrogens is 412 g/mol. The van der Waals surface area contributed by atoms with Gasteiger partial charge in [-0.15, -0.1) is 0 Å². The standard InChI is InChI=1S/C24H20F4O3/c1-13-11-30-24(31-12-13)18-8-7-16(20(25)22(18)27)14-3-5-15(6-4-14)17-9-10-19(29-2)23(28)21(17)26/h3-10,13,24H,11-12H2,1-2H3. The SMILES string of the molecule is COc1ccc(-c2ccc(-c3ccc(C4OCC(C)CO4)c(F)c3F)cc2)c(F)c1F. The molecular formula is C24H20F4O3. The van der Waals surface area contributed by atoms with E-state index < -0.39 is 29.6 Å². The van der Waals surface area contributed by atoms with Gasteiger partial charge in [-0.2, -0.15) is 4.39 Å². The Balaban J connectivity index is 1.63. The molecule has 1 saturated heterocycles. The van der Waals surface area contributed by atoms with Crippen LogP contribution in [0.4, 0.5) is 17.6 Å². The van der Waals surface area contributed by atoms with E-state index >= 15 is 0 Å². The van der Waals surface area contributed by atoms with Crippen LogP contribution in [0.5, 0.6) is 5.75 Å². The van der Waals surface area contributed by atoms with E-state index in [2.05, 4.69) is 0 Å². The third-order valence-electron chi connectivity index (χ3n) is 5.20. The minimum atomic E-state index is -1.09. The Kier molecular flexibility index (Phi) is 5.98. The molecule has 1 aliphatic rings. The summed E-state index contributed by atoms with van der Waals surface area (Å²) in [6, 6.07) is 11.7. The molecule has 0 radical (unpaired) electrons. The van der Waals surface area contributed by atoms with Crippen molar-refractivity contribution in [3.63, 3.8) is 0 Å². The van der Waals surface area contributed by atoms with Gasteiger partial charge in [0.1, 0.15) is 0 Å².